The van der Waals surface area contributed by atoms with Gasteiger partial charge >= 0.3 is 19.8 Å². The van der Waals surface area contributed by atoms with E-state index in [1.165, 1.54) is 135 Å². The summed E-state index contributed by atoms with van der Waals surface area (Å²) in [5.74, 6) is 0.779. The van der Waals surface area contributed by atoms with Gasteiger partial charge in [0.1, 0.15) is 6.61 Å². The molecule has 0 aliphatic heterocycles. The Kier molecular flexibility index (Phi) is 34.4. The fourth-order valence-corrected chi connectivity index (χ4v) is 6.66. The summed E-state index contributed by atoms with van der Waals surface area (Å²) >= 11 is 0. The van der Waals surface area contributed by atoms with Gasteiger partial charge in [0.05, 0.1) is 6.61 Å². The molecule has 0 fully saturated rings. The Labute approximate surface area is 308 Å². The highest BCUT2D eigenvalue weighted by molar-refractivity contribution is 7.46. The molecule has 0 saturated carbocycles. The number of phosphoric ester groups is 1. The zero-order chi connectivity index (χ0) is 37.1. The van der Waals surface area contributed by atoms with Crippen LogP contribution in [0, 0.1) is 11.8 Å². The first-order valence-electron chi connectivity index (χ1n) is 21.1. The molecule has 0 heterocycles. The van der Waals surface area contributed by atoms with E-state index in [-0.39, 0.29) is 19.4 Å². The Balaban J connectivity index is 3.78. The molecule has 2 N–H and O–H groups in total. The van der Waals surface area contributed by atoms with Crippen LogP contribution in [0.25, 0.3) is 0 Å². The lowest BCUT2D eigenvalue weighted by atomic mass is 9.99. The zero-order valence-electron chi connectivity index (χ0n) is 33.2. The second-order valence-electron chi connectivity index (χ2n) is 15.4. The smallest absolute Gasteiger partial charge is 0.462 e. The quantitative estimate of drug-likeness (QED) is 0.0366. The van der Waals surface area contributed by atoms with Crippen LogP contribution in [0.3, 0.4) is 0 Å². The van der Waals surface area contributed by atoms with Gasteiger partial charge in [0.15, 0.2) is 6.10 Å². The van der Waals surface area contributed by atoms with E-state index >= 15 is 0 Å². The Morgan fingerprint density at radius 1 is 0.520 bits per heavy atom. The maximum absolute atomic E-state index is 12.3. The van der Waals surface area contributed by atoms with Gasteiger partial charge in [0.2, 0.25) is 0 Å². The van der Waals surface area contributed by atoms with Gasteiger partial charge in [-0.15, -0.1) is 0 Å². The fourth-order valence-electron chi connectivity index (χ4n) is 6.30. The molecule has 0 radical (unpaired) electrons. The van der Waals surface area contributed by atoms with E-state index in [9.17, 15) is 14.2 Å². The van der Waals surface area contributed by atoms with E-state index in [1.807, 2.05) is 0 Å². The van der Waals surface area contributed by atoms with Crippen LogP contribution < -0.4 is 0 Å². The summed E-state index contributed by atoms with van der Waals surface area (Å²) in [5.41, 5.74) is 0. The molecule has 0 aliphatic rings. The Morgan fingerprint density at radius 3 is 1.26 bits per heavy atom. The van der Waals surface area contributed by atoms with Gasteiger partial charge in [-0.05, 0) is 24.7 Å². The number of hydrogen-bond donors (Lipinski definition) is 2. The lowest BCUT2D eigenvalue weighted by molar-refractivity contribution is -0.161. The molecule has 2 atom stereocenters. The molecule has 0 aromatic heterocycles. The van der Waals surface area contributed by atoms with E-state index in [2.05, 4.69) is 32.2 Å². The lowest BCUT2D eigenvalue weighted by Crippen LogP contribution is -2.29. The van der Waals surface area contributed by atoms with E-state index in [0.717, 1.165) is 50.4 Å². The van der Waals surface area contributed by atoms with Crippen LogP contribution in [0.15, 0.2) is 0 Å². The number of rotatable bonds is 38. The van der Waals surface area contributed by atoms with Crippen molar-refractivity contribution in [3.8, 4) is 0 Å². The van der Waals surface area contributed by atoms with E-state index < -0.39 is 32.5 Å². The minimum Gasteiger partial charge on any atom is -0.462 e. The van der Waals surface area contributed by atoms with Gasteiger partial charge in [-0.1, -0.05) is 195 Å². The van der Waals surface area contributed by atoms with Crippen molar-refractivity contribution in [2.45, 2.75) is 226 Å². The highest BCUT2D eigenvalue weighted by atomic mass is 31.2. The number of ether oxygens (including phenoxy) is 2. The van der Waals surface area contributed by atoms with Gasteiger partial charge in [-0.3, -0.25) is 14.1 Å². The van der Waals surface area contributed by atoms with E-state index in [0.29, 0.717) is 6.42 Å². The molecule has 0 aromatic carbocycles. The van der Waals surface area contributed by atoms with Crippen molar-refractivity contribution in [3.63, 3.8) is 0 Å². The predicted molar refractivity (Wildman–Crippen MR) is 207 cm³/mol. The van der Waals surface area contributed by atoms with Crippen molar-refractivity contribution in [1.82, 2.24) is 0 Å². The summed E-state index contributed by atoms with van der Waals surface area (Å²) in [7, 11) is -4.74. The van der Waals surface area contributed by atoms with Gasteiger partial charge in [-0.25, -0.2) is 4.57 Å². The molecule has 0 spiro atoms. The van der Waals surface area contributed by atoms with Crippen LogP contribution in [0.1, 0.15) is 220 Å². The standard InChI is InChI=1S/C41H81O8P/c1-5-38(4)32-28-24-20-16-14-12-10-8-6-7-9-11-13-15-17-21-25-29-33-40(42)47-35-39(36-48-50(44,45)46)49-41(43)34-30-26-22-18-19-23-27-31-37(2)3/h37-39H,5-36H2,1-4H3,(H2,44,45,46)/t38?,39-/m1/s1. The minimum atomic E-state index is -4.74. The normalized spacial score (nSPS) is 13.1. The summed E-state index contributed by atoms with van der Waals surface area (Å²) in [6.07, 6.45) is 34.2. The van der Waals surface area contributed by atoms with Crippen molar-refractivity contribution < 1.29 is 37.9 Å². The highest BCUT2D eigenvalue weighted by Gasteiger charge is 2.23. The van der Waals surface area contributed by atoms with Crippen molar-refractivity contribution >= 4 is 19.8 Å². The third-order valence-corrected chi connectivity index (χ3v) is 10.3. The summed E-state index contributed by atoms with van der Waals surface area (Å²) in [6, 6.07) is 0. The number of hydrogen-bond acceptors (Lipinski definition) is 6. The predicted octanol–water partition coefficient (Wildman–Crippen LogP) is 12.6. The third-order valence-electron chi connectivity index (χ3n) is 9.84. The molecule has 9 heteroatoms. The number of phosphoric acid groups is 1. The molecule has 0 rings (SSSR count). The maximum Gasteiger partial charge on any atom is 0.469 e. The van der Waals surface area contributed by atoms with Crippen LogP contribution in [0.5, 0.6) is 0 Å². The number of carbonyl (C=O) groups is 2. The maximum atomic E-state index is 12.3. The minimum absolute atomic E-state index is 0.215. The molecule has 1 unspecified atom stereocenters. The lowest BCUT2D eigenvalue weighted by Gasteiger charge is -2.18. The summed E-state index contributed by atoms with van der Waals surface area (Å²) in [6.45, 7) is 8.35. The first-order chi connectivity index (χ1) is 24.0. The average Bonchev–Trinajstić information content (AvgIpc) is 3.07. The number of carbonyl (C=O) groups excluding carboxylic acids is 2. The molecule has 0 aromatic rings. The Hall–Kier alpha value is -0.950. The second-order valence-corrected chi connectivity index (χ2v) is 16.6. The SMILES string of the molecule is CCC(C)CCCCCCCCCCCCCCCCCCCCC(=O)OC[C@H](COP(=O)(O)O)OC(=O)CCCCCCCCCC(C)C. The van der Waals surface area contributed by atoms with Gasteiger partial charge < -0.3 is 19.3 Å². The number of unbranched alkanes of at least 4 members (excludes halogenated alkanes) is 23. The molecule has 0 bridgehead atoms. The van der Waals surface area contributed by atoms with Gasteiger partial charge in [0, 0.05) is 12.8 Å². The Morgan fingerprint density at radius 2 is 0.880 bits per heavy atom. The largest absolute Gasteiger partial charge is 0.469 e. The van der Waals surface area contributed by atoms with E-state index in [1.54, 1.807) is 0 Å². The van der Waals surface area contributed by atoms with Crippen molar-refractivity contribution in [2.24, 2.45) is 11.8 Å². The monoisotopic (exact) mass is 733 g/mol. The number of esters is 2. The molecule has 0 aliphatic carbocycles. The van der Waals surface area contributed by atoms with Crippen molar-refractivity contribution in [1.29, 1.82) is 0 Å². The fraction of sp³-hybridized carbons (Fsp3) is 0.951. The molecular formula is C41H81O8P. The molecule has 0 amide bonds. The van der Waals surface area contributed by atoms with E-state index in [4.69, 9.17) is 19.3 Å². The molecule has 0 saturated heterocycles. The average molecular weight is 733 g/mol. The summed E-state index contributed by atoms with van der Waals surface area (Å²) in [4.78, 5) is 42.7. The van der Waals surface area contributed by atoms with Crippen molar-refractivity contribution in [2.75, 3.05) is 13.2 Å². The van der Waals surface area contributed by atoms with Gasteiger partial charge in [0.25, 0.3) is 0 Å². The molecule has 50 heavy (non-hydrogen) atoms. The first kappa shape index (κ1) is 49.0. The van der Waals surface area contributed by atoms with Crippen LogP contribution in [-0.2, 0) is 28.2 Å². The van der Waals surface area contributed by atoms with Gasteiger partial charge in [-0.2, -0.15) is 0 Å². The van der Waals surface area contributed by atoms with Crippen molar-refractivity contribution in [3.05, 3.63) is 0 Å². The molecular weight excluding hydrogens is 651 g/mol. The highest BCUT2D eigenvalue weighted by Crippen LogP contribution is 2.36. The van der Waals surface area contributed by atoms with Crippen LogP contribution >= 0.6 is 7.82 Å². The van der Waals surface area contributed by atoms with Crippen LogP contribution in [0.2, 0.25) is 0 Å². The molecule has 8 nitrogen and oxygen atoms in total. The summed E-state index contributed by atoms with van der Waals surface area (Å²) in [5, 5.41) is 0. The molecule has 298 valence electrons. The van der Waals surface area contributed by atoms with Crippen LogP contribution in [-0.4, -0.2) is 41.0 Å². The van der Waals surface area contributed by atoms with Crippen LogP contribution in [0.4, 0.5) is 0 Å². The Bertz CT molecular complexity index is 814. The zero-order valence-corrected chi connectivity index (χ0v) is 34.0. The first-order valence-corrected chi connectivity index (χ1v) is 22.6. The summed E-state index contributed by atoms with van der Waals surface area (Å²) < 4.78 is 26.3. The third kappa shape index (κ3) is 38.3. The second kappa shape index (κ2) is 35.1. The topological polar surface area (TPSA) is 119 Å².